The number of hydrogen-bond donors (Lipinski definition) is 4. The minimum atomic E-state index is -0.426. The minimum Gasteiger partial charge on any atom is -0.395 e. The predicted octanol–water partition coefficient (Wildman–Crippen LogP) is 13.1. The zero-order valence-electron chi connectivity index (χ0n) is 38.1. The lowest BCUT2D eigenvalue weighted by molar-refractivity contribution is -0.208. The Labute approximate surface area is 358 Å². The topological polar surface area (TPSA) is 83.0 Å². The largest absolute Gasteiger partial charge is 0.395 e. The molecule has 4 N–H and O–H groups in total. The SMILES string of the molecule is CCCCC/C=C\C/C=C\CCCCCCCCC1(CCCCCCCC/C=C\C/C=C\CCCCC)CCC2(CC1)O[C@H]1C[C@H](NCCO)[C@H](NCCO)C[C@@H]1O2. The summed E-state index contributed by atoms with van der Waals surface area (Å²) in [5.74, 6) is -0.426. The third-order valence-electron chi connectivity index (χ3n) is 13.5. The van der Waals surface area contributed by atoms with Crippen LogP contribution in [0.5, 0.6) is 0 Å². The first kappa shape index (κ1) is 51.1. The lowest BCUT2D eigenvalue weighted by atomic mass is 9.66. The summed E-state index contributed by atoms with van der Waals surface area (Å²) in [6.45, 7) is 5.96. The highest BCUT2D eigenvalue weighted by Gasteiger charge is 2.54. The van der Waals surface area contributed by atoms with E-state index in [0.29, 0.717) is 18.5 Å². The van der Waals surface area contributed by atoms with Crippen LogP contribution in [0.3, 0.4) is 0 Å². The number of allylic oxidation sites excluding steroid dienone is 8. The molecular formula is C52H94N2O4. The lowest BCUT2D eigenvalue weighted by Crippen LogP contribution is -2.56. The van der Waals surface area contributed by atoms with Crippen LogP contribution in [0.2, 0.25) is 0 Å². The molecule has 1 spiro atoms. The summed E-state index contributed by atoms with van der Waals surface area (Å²) in [6.07, 6.45) is 59.6. The molecule has 2 saturated carbocycles. The fraction of sp³-hybridized carbons (Fsp3) is 0.846. The maximum absolute atomic E-state index is 9.48. The molecule has 3 rings (SSSR count). The second kappa shape index (κ2) is 33.4. The fourth-order valence-corrected chi connectivity index (χ4v) is 9.91. The van der Waals surface area contributed by atoms with Gasteiger partial charge >= 0.3 is 0 Å². The molecule has 6 nitrogen and oxygen atoms in total. The van der Waals surface area contributed by atoms with Crippen molar-refractivity contribution in [1.82, 2.24) is 10.6 Å². The molecule has 1 saturated heterocycles. The highest BCUT2D eigenvalue weighted by atomic mass is 16.8. The molecule has 6 heteroatoms. The Hall–Kier alpha value is -1.28. The van der Waals surface area contributed by atoms with Gasteiger partial charge in [0, 0.05) is 38.0 Å². The third-order valence-corrected chi connectivity index (χ3v) is 13.5. The molecule has 2 aliphatic carbocycles. The summed E-state index contributed by atoms with van der Waals surface area (Å²) >= 11 is 0. The van der Waals surface area contributed by atoms with Gasteiger partial charge in [0.05, 0.1) is 25.4 Å². The fourth-order valence-electron chi connectivity index (χ4n) is 9.91. The van der Waals surface area contributed by atoms with Gasteiger partial charge in [0.1, 0.15) is 0 Å². The van der Waals surface area contributed by atoms with E-state index in [1.54, 1.807) is 0 Å². The maximum atomic E-state index is 9.48. The van der Waals surface area contributed by atoms with Crippen LogP contribution in [0, 0.1) is 5.41 Å². The zero-order valence-corrected chi connectivity index (χ0v) is 38.1. The molecule has 4 atom stereocenters. The van der Waals surface area contributed by atoms with Gasteiger partial charge in [-0.2, -0.15) is 0 Å². The average molecular weight is 811 g/mol. The zero-order chi connectivity index (χ0) is 41.3. The maximum Gasteiger partial charge on any atom is 0.169 e. The van der Waals surface area contributed by atoms with Crippen molar-refractivity contribution >= 4 is 0 Å². The Morgan fingerprint density at radius 1 is 0.466 bits per heavy atom. The van der Waals surface area contributed by atoms with Gasteiger partial charge in [-0.25, -0.2) is 0 Å². The van der Waals surface area contributed by atoms with Crippen molar-refractivity contribution in [2.24, 2.45) is 5.41 Å². The Morgan fingerprint density at radius 3 is 1.21 bits per heavy atom. The van der Waals surface area contributed by atoms with Crippen LogP contribution in [-0.4, -0.2) is 66.6 Å². The van der Waals surface area contributed by atoms with Gasteiger partial charge in [-0.3, -0.25) is 0 Å². The van der Waals surface area contributed by atoms with Crippen LogP contribution >= 0.6 is 0 Å². The van der Waals surface area contributed by atoms with Crippen LogP contribution in [0.25, 0.3) is 0 Å². The van der Waals surface area contributed by atoms with Gasteiger partial charge in [-0.05, 0) is 108 Å². The van der Waals surface area contributed by atoms with E-state index in [0.717, 1.165) is 38.5 Å². The summed E-state index contributed by atoms with van der Waals surface area (Å²) in [5.41, 5.74) is 0.437. The number of hydrogen-bond acceptors (Lipinski definition) is 6. The third kappa shape index (κ3) is 22.0. The molecule has 0 bridgehead atoms. The molecule has 3 aliphatic rings. The van der Waals surface area contributed by atoms with Crippen molar-refractivity contribution in [2.45, 2.75) is 249 Å². The van der Waals surface area contributed by atoms with E-state index in [4.69, 9.17) is 9.47 Å². The minimum absolute atomic E-state index is 0.108. The van der Waals surface area contributed by atoms with Gasteiger partial charge in [-0.15, -0.1) is 0 Å². The first-order valence-corrected chi connectivity index (χ1v) is 25.2. The monoisotopic (exact) mass is 811 g/mol. The number of ether oxygens (including phenoxy) is 2. The Morgan fingerprint density at radius 2 is 0.828 bits per heavy atom. The predicted molar refractivity (Wildman–Crippen MR) is 248 cm³/mol. The summed E-state index contributed by atoms with van der Waals surface area (Å²) < 4.78 is 13.8. The van der Waals surface area contributed by atoms with Crippen molar-refractivity contribution in [3.63, 3.8) is 0 Å². The second-order valence-corrected chi connectivity index (χ2v) is 18.4. The first-order valence-electron chi connectivity index (χ1n) is 25.2. The van der Waals surface area contributed by atoms with Crippen LogP contribution in [-0.2, 0) is 9.47 Å². The van der Waals surface area contributed by atoms with Crippen LogP contribution in [0.15, 0.2) is 48.6 Å². The summed E-state index contributed by atoms with van der Waals surface area (Å²) in [7, 11) is 0. The number of rotatable bonds is 36. The van der Waals surface area contributed by atoms with Crippen molar-refractivity contribution in [3.8, 4) is 0 Å². The number of aliphatic hydroxyl groups excluding tert-OH is 2. The van der Waals surface area contributed by atoms with Gasteiger partial charge in [0.15, 0.2) is 5.79 Å². The van der Waals surface area contributed by atoms with E-state index in [1.165, 1.54) is 167 Å². The number of nitrogens with one attached hydrogen (secondary N) is 2. The van der Waals surface area contributed by atoms with E-state index in [1.807, 2.05) is 0 Å². The van der Waals surface area contributed by atoms with Crippen LogP contribution < -0.4 is 10.6 Å². The number of fused-ring (bicyclic) bond motifs is 1. The lowest BCUT2D eigenvalue weighted by Gasteiger charge is -2.44. The summed E-state index contributed by atoms with van der Waals surface area (Å²) in [5, 5.41) is 26.0. The van der Waals surface area contributed by atoms with E-state index in [-0.39, 0.29) is 37.5 Å². The molecule has 0 aromatic heterocycles. The van der Waals surface area contributed by atoms with E-state index < -0.39 is 5.79 Å². The van der Waals surface area contributed by atoms with Gasteiger partial charge in [-0.1, -0.05) is 152 Å². The van der Waals surface area contributed by atoms with Crippen LogP contribution in [0.4, 0.5) is 0 Å². The van der Waals surface area contributed by atoms with Gasteiger partial charge in [0.2, 0.25) is 0 Å². The molecule has 0 unspecified atom stereocenters. The van der Waals surface area contributed by atoms with Crippen molar-refractivity contribution in [1.29, 1.82) is 0 Å². The van der Waals surface area contributed by atoms with E-state index >= 15 is 0 Å². The quantitative estimate of drug-likeness (QED) is 0.0373. The average Bonchev–Trinajstić information content (AvgIpc) is 3.59. The summed E-state index contributed by atoms with van der Waals surface area (Å²) in [4.78, 5) is 0. The molecule has 0 amide bonds. The van der Waals surface area contributed by atoms with Gasteiger partial charge in [0.25, 0.3) is 0 Å². The molecule has 0 aromatic carbocycles. The molecule has 336 valence electrons. The normalized spacial score (nSPS) is 23.1. The van der Waals surface area contributed by atoms with Crippen LogP contribution in [0.1, 0.15) is 219 Å². The number of aliphatic hydroxyl groups is 2. The highest BCUT2D eigenvalue weighted by Crippen LogP contribution is 2.53. The van der Waals surface area contributed by atoms with E-state index in [9.17, 15) is 10.2 Å². The first-order chi connectivity index (χ1) is 28.6. The molecular weight excluding hydrogens is 717 g/mol. The molecule has 0 radical (unpaired) electrons. The number of unbranched alkanes of at least 4 members (excludes halogenated alkanes) is 18. The van der Waals surface area contributed by atoms with Crippen molar-refractivity contribution in [3.05, 3.63) is 48.6 Å². The molecule has 58 heavy (non-hydrogen) atoms. The standard InChI is InChI=1S/C52H94N2O4/c1-3-5-7-9-11-13-15-17-19-21-23-25-27-29-31-33-35-51(36-34-32-30-28-26-24-22-20-18-16-14-12-10-8-6-4-2)37-39-52(40-38-51)57-49-45-47(53-41-43-55)48(54-42-44-56)46-50(49)58-52/h11-14,17-20,47-50,53-56H,3-10,15-16,21-46H2,1-2H3/b13-11-,14-12-,19-17-,20-18-/t47-,48+,49-,50-/m0/s1. The Kier molecular flexibility index (Phi) is 29.4. The van der Waals surface area contributed by atoms with Crippen molar-refractivity contribution < 1.29 is 19.7 Å². The smallest absolute Gasteiger partial charge is 0.169 e. The summed E-state index contributed by atoms with van der Waals surface area (Å²) in [6, 6.07) is 0.433. The molecule has 0 aromatic rings. The van der Waals surface area contributed by atoms with Gasteiger partial charge < -0.3 is 30.3 Å². The molecule has 1 aliphatic heterocycles. The second-order valence-electron chi connectivity index (χ2n) is 18.4. The molecule has 3 fully saturated rings. The highest BCUT2D eigenvalue weighted by molar-refractivity contribution is 5.02. The molecule has 1 heterocycles. The van der Waals surface area contributed by atoms with Crippen molar-refractivity contribution in [2.75, 3.05) is 26.3 Å². The Bertz CT molecular complexity index is 1000. The Balaban J connectivity index is 1.38. The van der Waals surface area contributed by atoms with E-state index in [2.05, 4.69) is 73.1 Å².